The van der Waals surface area contributed by atoms with E-state index in [9.17, 15) is 8.42 Å². The topological polar surface area (TPSA) is 105 Å². The predicted octanol–water partition coefficient (Wildman–Crippen LogP) is 5.27. The molecule has 4 rings (SSSR count). The molecule has 0 radical (unpaired) electrons. The van der Waals surface area contributed by atoms with Crippen molar-refractivity contribution < 1.29 is 17.9 Å². The second-order valence-corrected chi connectivity index (χ2v) is 8.74. The van der Waals surface area contributed by atoms with Gasteiger partial charge in [0.15, 0.2) is 0 Å². The smallest absolute Gasteiger partial charge is 0.206 e. The lowest BCUT2D eigenvalue weighted by molar-refractivity contribution is 0.482. The van der Waals surface area contributed by atoms with E-state index >= 15 is 0 Å². The van der Waals surface area contributed by atoms with Crippen molar-refractivity contribution in [2.75, 3.05) is 11.5 Å². The molecule has 0 unspecified atom stereocenters. The van der Waals surface area contributed by atoms with Crippen LogP contribution in [0.2, 0.25) is 0 Å². The van der Waals surface area contributed by atoms with Crippen LogP contribution in [0.5, 0.6) is 23.0 Å². The van der Waals surface area contributed by atoms with Crippen LogP contribution < -0.4 is 20.9 Å². The van der Waals surface area contributed by atoms with Gasteiger partial charge in [0.25, 0.3) is 0 Å². The molecule has 0 aliphatic carbocycles. The van der Waals surface area contributed by atoms with Gasteiger partial charge >= 0.3 is 0 Å². The first-order valence-electron chi connectivity index (χ1n) is 9.42. The first-order valence-corrected chi connectivity index (χ1v) is 10.9. The molecule has 0 bridgehead atoms. The molecule has 4 aromatic rings. The summed E-state index contributed by atoms with van der Waals surface area (Å²) >= 11 is 0. The van der Waals surface area contributed by atoms with Crippen molar-refractivity contribution in [2.45, 2.75) is 9.79 Å². The van der Waals surface area contributed by atoms with E-state index in [1.807, 2.05) is 0 Å². The van der Waals surface area contributed by atoms with Crippen molar-refractivity contribution in [3.05, 3.63) is 97.1 Å². The fourth-order valence-corrected chi connectivity index (χ4v) is 4.16. The average molecular weight is 433 g/mol. The highest BCUT2D eigenvalue weighted by Crippen LogP contribution is 2.29. The summed E-state index contributed by atoms with van der Waals surface area (Å²) < 4.78 is 37.3. The van der Waals surface area contributed by atoms with Gasteiger partial charge in [0.1, 0.15) is 23.0 Å². The molecule has 0 saturated heterocycles. The third kappa shape index (κ3) is 4.79. The number of benzene rings is 4. The quantitative estimate of drug-likeness (QED) is 0.402. The fourth-order valence-electron chi connectivity index (χ4n) is 2.90. The van der Waals surface area contributed by atoms with E-state index in [1.165, 1.54) is 24.3 Å². The second-order valence-electron chi connectivity index (χ2n) is 6.79. The van der Waals surface area contributed by atoms with Gasteiger partial charge in [0.05, 0.1) is 9.79 Å². The number of hydrogen-bond donors (Lipinski definition) is 2. The van der Waals surface area contributed by atoms with E-state index in [2.05, 4.69) is 0 Å². The predicted molar refractivity (Wildman–Crippen MR) is 120 cm³/mol. The Hall–Kier alpha value is -3.97. The van der Waals surface area contributed by atoms with Crippen LogP contribution in [0, 0.1) is 0 Å². The zero-order chi connectivity index (χ0) is 21.8. The molecule has 0 aliphatic rings. The standard InChI is InChI=1S/C24H20N2O4S/c25-17-4-6-19(7-5-17)29-20-8-12-23(13-9-20)31(27,28)24-14-10-21(11-15-24)30-22-3-1-2-18(26)16-22/h1-16H,25-26H2. The summed E-state index contributed by atoms with van der Waals surface area (Å²) in [5, 5.41) is 0. The number of hydrogen-bond acceptors (Lipinski definition) is 6. The number of nitrogen functional groups attached to an aromatic ring is 2. The van der Waals surface area contributed by atoms with Gasteiger partial charge in [-0.05, 0) is 84.9 Å². The van der Waals surface area contributed by atoms with Gasteiger partial charge in [-0.2, -0.15) is 0 Å². The summed E-state index contributed by atoms with van der Waals surface area (Å²) in [5.74, 6) is 2.22. The monoisotopic (exact) mass is 432 g/mol. The highest BCUT2D eigenvalue weighted by atomic mass is 32.2. The number of sulfone groups is 1. The minimum absolute atomic E-state index is 0.166. The van der Waals surface area contributed by atoms with Crippen LogP contribution in [-0.4, -0.2) is 8.42 Å². The summed E-state index contributed by atoms with van der Waals surface area (Å²) in [6, 6.07) is 26.4. The maximum absolute atomic E-state index is 12.9. The van der Waals surface area contributed by atoms with Crippen LogP contribution in [0.1, 0.15) is 0 Å². The van der Waals surface area contributed by atoms with E-state index in [4.69, 9.17) is 20.9 Å². The van der Waals surface area contributed by atoms with Crippen LogP contribution in [0.4, 0.5) is 11.4 Å². The molecule has 156 valence electrons. The van der Waals surface area contributed by atoms with Crippen LogP contribution >= 0.6 is 0 Å². The van der Waals surface area contributed by atoms with Crippen LogP contribution in [0.25, 0.3) is 0 Å². The molecule has 0 aromatic heterocycles. The molecular weight excluding hydrogens is 412 g/mol. The summed E-state index contributed by atoms with van der Waals surface area (Å²) in [7, 11) is -3.68. The Morgan fingerprint density at radius 2 is 0.968 bits per heavy atom. The Labute approximate surface area is 180 Å². The molecule has 0 heterocycles. The Morgan fingerprint density at radius 1 is 0.516 bits per heavy atom. The number of rotatable bonds is 6. The Morgan fingerprint density at radius 3 is 1.45 bits per heavy atom. The number of ether oxygens (including phenoxy) is 2. The molecule has 6 nitrogen and oxygen atoms in total. The minimum Gasteiger partial charge on any atom is -0.457 e. The minimum atomic E-state index is -3.68. The molecule has 0 aliphatic heterocycles. The van der Waals surface area contributed by atoms with Gasteiger partial charge in [-0.15, -0.1) is 0 Å². The number of nitrogens with two attached hydrogens (primary N) is 2. The SMILES string of the molecule is Nc1ccc(Oc2ccc(S(=O)(=O)c3ccc(Oc4cccc(N)c4)cc3)cc2)cc1. The van der Waals surface area contributed by atoms with Gasteiger partial charge in [-0.3, -0.25) is 0 Å². The third-order valence-electron chi connectivity index (χ3n) is 4.48. The molecule has 0 spiro atoms. The summed E-state index contributed by atoms with van der Waals surface area (Å²) in [6.45, 7) is 0. The molecule has 4 N–H and O–H groups in total. The van der Waals surface area contributed by atoms with E-state index in [-0.39, 0.29) is 9.79 Å². The van der Waals surface area contributed by atoms with Crippen molar-refractivity contribution in [1.82, 2.24) is 0 Å². The van der Waals surface area contributed by atoms with Crippen LogP contribution in [0.3, 0.4) is 0 Å². The first kappa shape index (κ1) is 20.3. The van der Waals surface area contributed by atoms with Gasteiger partial charge in [-0.25, -0.2) is 8.42 Å². The average Bonchev–Trinajstić information content (AvgIpc) is 2.76. The van der Waals surface area contributed by atoms with Gasteiger partial charge < -0.3 is 20.9 Å². The van der Waals surface area contributed by atoms with E-state index in [1.54, 1.807) is 72.8 Å². The third-order valence-corrected chi connectivity index (χ3v) is 6.26. The molecule has 7 heteroatoms. The summed E-state index contributed by atoms with van der Waals surface area (Å²) in [4.78, 5) is 0.335. The Bertz CT molecular complexity index is 1290. The zero-order valence-corrected chi connectivity index (χ0v) is 17.3. The maximum atomic E-state index is 12.9. The van der Waals surface area contributed by atoms with Crippen molar-refractivity contribution in [3.8, 4) is 23.0 Å². The highest BCUT2D eigenvalue weighted by molar-refractivity contribution is 7.91. The normalized spacial score (nSPS) is 11.1. The lowest BCUT2D eigenvalue weighted by Gasteiger charge is -2.09. The van der Waals surface area contributed by atoms with E-state index in [0.717, 1.165) is 0 Å². The highest BCUT2D eigenvalue weighted by Gasteiger charge is 2.18. The van der Waals surface area contributed by atoms with Crippen molar-refractivity contribution in [2.24, 2.45) is 0 Å². The van der Waals surface area contributed by atoms with Crippen molar-refractivity contribution >= 4 is 21.2 Å². The van der Waals surface area contributed by atoms with Crippen LogP contribution in [-0.2, 0) is 9.84 Å². The Kier molecular flexibility index (Phi) is 5.51. The van der Waals surface area contributed by atoms with Crippen molar-refractivity contribution in [1.29, 1.82) is 0 Å². The summed E-state index contributed by atoms with van der Waals surface area (Å²) in [5.41, 5.74) is 12.6. The maximum Gasteiger partial charge on any atom is 0.206 e. The molecular formula is C24H20N2O4S. The van der Waals surface area contributed by atoms with E-state index < -0.39 is 9.84 Å². The fraction of sp³-hybridized carbons (Fsp3) is 0. The number of anilines is 2. The lowest BCUT2D eigenvalue weighted by atomic mass is 10.3. The molecule has 0 atom stereocenters. The molecule has 0 fully saturated rings. The lowest BCUT2D eigenvalue weighted by Crippen LogP contribution is -2.01. The van der Waals surface area contributed by atoms with Crippen molar-refractivity contribution in [3.63, 3.8) is 0 Å². The van der Waals surface area contributed by atoms with Gasteiger partial charge in [0, 0.05) is 17.4 Å². The van der Waals surface area contributed by atoms with Crippen LogP contribution in [0.15, 0.2) is 107 Å². The summed E-state index contributed by atoms with van der Waals surface area (Å²) in [6.07, 6.45) is 0. The zero-order valence-electron chi connectivity index (χ0n) is 16.4. The first-order chi connectivity index (χ1) is 14.9. The second kappa shape index (κ2) is 8.41. The largest absolute Gasteiger partial charge is 0.457 e. The van der Waals surface area contributed by atoms with Gasteiger partial charge in [0.2, 0.25) is 9.84 Å². The Balaban J connectivity index is 1.49. The molecule has 0 amide bonds. The molecule has 0 saturated carbocycles. The molecule has 31 heavy (non-hydrogen) atoms. The van der Waals surface area contributed by atoms with E-state index in [0.29, 0.717) is 34.4 Å². The van der Waals surface area contributed by atoms with Gasteiger partial charge in [-0.1, -0.05) is 6.07 Å². The molecule has 4 aromatic carbocycles.